The number of benzene rings is 1. The summed E-state index contributed by atoms with van der Waals surface area (Å²) in [5.74, 6) is 0.224. The molecule has 2 aliphatic heterocycles. The molecule has 8 nitrogen and oxygen atoms in total. The van der Waals surface area contributed by atoms with Gasteiger partial charge in [0.15, 0.2) is 0 Å². The van der Waals surface area contributed by atoms with E-state index in [9.17, 15) is 9.59 Å². The number of nitrogens with one attached hydrogen (secondary N) is 1. The maximum Gasteiger partial charge on any atom is 0.407 e. The third kappa shape index (κ3) is 2.84. The molecule has 2 fully saturated rings. The van der Waals surface area contributed by atoms with Gasteiger partial charge in [-0.3, -0.25) is 4.90 Å². The first kappa shape index (κ1) is 15.6. The molecule has 0 bridgehead atoms. The van der Waals surface area contributed by atoms with Crippen LogP contribution in [0.5, 0.6) is 0 Å². The number of hydrogen-bond donors (Lipinski definition) is 2. The Hall–Kier alpha value is -2.90. The molecule has 0 atom stereocenters. The number of carbonyl (C=O) groups excluding carboxylic acids is 1. The average Bonchev–Trinajstić information content (AvgIpc) is 3.07. The normalized spacial score (nSPS) is 18.6. The number of fused-ring (bicyclic) bond motifs is 1. The van der Waals surface area contributed by atoms with Gasteiger partial charge in [0.05, 0.1) is 11.2 Å². The quantitative estimate of drug-likeness (QED) is 0.871. The molecule has 130 valence electrons. The molecular weight excluding hydrogens is 322 g/mol. The van der Waals surface area contributed by atoms with Crippen molar-refractivity contribution in [2.45, 2.75) is 18.8 Å². The average molecular weight is 341 g/mol. The molecule has 2 aromatic rings. The largest absolute Gasteiger partial charge is 0.465 e. The van der Waals surface area contributed by atoms with Gasteiger partial charge in [-0.05, 0) is 31.0 Å². The first-order chi connectivity index (χ1) is 12.1. The van der Waals surface area contributed by atoms with Gasteiger partial charge in [0.2, 0.25) is 0 Å². The van der Waals surface area contributed by atoms with Crippen molar-refractivity contribution in [2.24, 2.45) is 0 Å². The fraction of sp³-hybridized carbons (Fsp3) is 0.412. The number of nitrogens with zero attached hydrogens (tertiary/aromatic N) is 4. The highest BCUT2D eigenvalue weighted by Crippen LogP contribution is 2.32. The number of anilines is 1. The Morgan fingerprint density at radius 3 is 2.68 bits per heavy atom. The topological polar surface area (TPSA) is 98.7 Å². The fourth-order valence-corrected chi connectivity index (χ4v) is 3.62. The summed E-state index contributed by atoms with van der Waals surface area (Å²) in [6, 6.07) is 5.72. The number of hydrogen-bond acceptors (Lipinski definition) is 4. The van der Waals surface area contributed by atoms with Crippen molar-refractivity contribution in [2.75, 3.05) is 31.1 Å². The van der Waals surface area contributed by atoms with E-state index in [0.717, 1.165) is 35.1 Å². The van der Waals surface area contributed by atoms with Crippen molar-refractivity contribution < 1.29 is 14.7 Å². The van der Waals surface area contributed by atoms with Crippen molar-refractivity contribution in [1.29, 1.82) is 0 Å². The Balaban J connectivity index is 1.62. The summed E-state index contributed by atoms with van der Waals surface area (Å²) in [7, 11) is 0. The predicted octanol–water partition coefficient (Wildman–Crippen LogP) is 2.02. The van der Waals surface area contributed by atoms with Crippen molar-refractivity contribution in [3.05, 3.63) is 30.2 Å². The van der Waals surface area contributed by atoms with E-state index in [1.165, 1.54) is 4.90 Å². The fourth-order valence-electron chi connectivity index (χ4n) is 3.62. The van der Waals surface area contributed by atoms with Crippen LogP contribution in [0.15, 0.2) is 24.5 Å². The Labute approximate surface area is 144 Å². The van der Waals surface area contributed by atoms with Gasteiger partial charge in [-0.2, -0.15) is 0 Å². The van der Waals surface area contributed by atoms with Crippen LogP contribution in [0.1, 0.15) is 24.5 Å². The van der Waals surface area contributed by atoms with Crippen LogP contribution >= 0.6 is 0 Å². The molecule has 1 aromatic heterocycles. The van der Waals surface area contributed by atoms with Crippen molar-refractivity contribution in [1.82, 2.24) is 20.2 Å². The van der Waals surface area contributed by atoms with Gasteiger partial charge in [0.25, 0.3) is 0 Å². The summed E-state index contributed by atoms with van der Waals surface area (Å²) in [6.45, 7) is 2.35. The molecule has 0 spiro atoms. The summed E-state index contributed by atoms with van der Waals surface area (Å²) in [5, 5.41) is 12.9. The van der Waals surface area contributed by atoms with Crippen LogP contribution in [-0.2, 0) is 0 Å². The maximum atomic E-state index is 11.8. The van der Waals surface area contributed by atoms with Crippen molar-refractivity contribution in [3.8, 4) is 0 Å². The highest BCUT2D eigenvalue weighted by Gasteiger charge is 2.26. The van der Waals surface area contributed by atoms with Gasteiger partial charge in [0, 0.05) is 43.2 Å². The second-order valence-electron chi connectivity index (χ2n) is 6.39. The van der Waals surface area contributed by atoms with E-state index in [1.807, 2.05) is 18.2 Å². The van der Waals surface area contributed by atoms with Gasteiger partial charge in [0.1, 0.15) is 6.33 Å². The Morgan fingerprint density at radius 2 is 2.00 bits per heavy atom. The number of piperidine rings is 1. The van der Waals surface area contributed by atoms with Crippen LogP contribution in [0.3, 0.4) is 0 Å². The van der Waals surface area contributed by atoms with Crippen LogP contribution < -0.4 is 10.2 Å². The summed E-state index contributed by atoms with van der Waals surface area (Å²) in [6.07, 6.45) is 2.21. The van der Waals surface area contributed by atoms with Crippen LogP contribution in [0, 0.1) is 0 Å². The standard InChI is InChI=1S/C17H19N5O3/c23-16-18-5-8-22(16)12-1-2-13-14(9-12)19-10-20-15(13)11-3-6-21(7-4-11)17(24)25/h1-2,9-11H,3-8H2,(H,18,23)(H,24,25). The molecule has 2 aliphatic rings. The van der Waals surface area contributed by atoms with Crippen LogP contribution in [0.2, 0.25) is 0 Å². The van der Waals surface area contributed by atoms with Crippen LogP contribution in [0.25, 0.3) is 10.9 Å². The Morgan fingerprint density at radius 1 is 1.20 bits per heavy atom. The first-order valence-electron chi connectivity index (χ1n) is 8.41. The third-order valence-electron chi connectivity index (χ3n) is 4.97. The van der Waals surface area contributed by atoms with E-state index >= 15 is 0 Å². The van der Waals surface area contributed by atoms with E-state index < -0.39 is 6.09 Å². The maximum absolute atomic E-state index is 11.8. The van der Waals surface area contributed by atoms with Crippen LogP contribution in [0.4, 0.5) is 15.3 Å². The summed E-state index contributed by atoms with van der Waals surface area (Å²) < 4.78 is 0. The molecule has 0 aliphatic carbocycles. The number of aromatic nitrogens is 2. The number of carboxylic acid groups (broad SMARTS) is 1. The smallest absolute Gasteiger partial charge is 0.407 e. The minimum absolute atomic E-state index is 0.0883. The molecular formula is C17H19N5O3. The minimum atomic E-state index is -0.862. The number of amides is 3. The molecule has 8 heteroatoms. The van der Waals surface area contributed by atoms with Gasteiger partial charge >= 0.3 is 12.1 Å². The Bertz CT molecular complexity index is 832. The predicted molar refractivity (Wildman–Crippen MR) is 91.9 cm³/mol. The van der Waals surface area contributed by atoms with Gasteiger partial charge in [-0.25, -0.2) is 19.6 Å². The zero-order valence-corrected chi connectivity index (χ0v) is 13.7. The summed E-state index contributed by atoms with van der Waals surface area (Å²) in [5.41, 5.74) is 2.60. The van der Waals surface area contributed by atoms with Crippen molar-refractivity contribution in [3.63, 3.8) is 0 Å². The molecule has 3 heterocycles. The van der Waals surface area contributed by atoms with Crippen molar-refractivity contribution >= 4 is 28.7 Å². The summed E-state index contributed by atoms with van der Waals surface area (Å²) >= 11 is 0. The SMILES string of the molecule is O=C(O)N1CCC(c2ncnc3cc(N4CCNC4=O)ccc23)CC1. The number of rotatable bonds is 2. The highest BCUT2D eigenvalue weighted by atomic mass is 16.4. The van der Waals surface area contributed by atoms with Gasteiger partial charge in [-0.1, -0.05) is 0 Å². The molecule has 1 aromatic carbocycles. The minimum Gasteiger partial charge on any atom is -0.465 e. The molecule has 0 unspecified atom stereocenters. The zero-order chi connectivity index (χ0) is 17.4. The third-order valence-corrected chi connectivity index (χ3v) is 4.97. The number of carbonyl (C=O) groups is 2. The molecule has 0 saturated carbocycles. The lowest BCUT2D eigenvalue weighted by molar-refractivity contribution is 0.132. The van der Waals surface area contributed by atoms with E-state index in [2.05, 4.69) is 15.3 Å². The van der Waals surface area contributed by atoms with E-state index in [-0.39, 0.29) is 11.9 Å². The Kier molecular flexibility index (Phi) is 3.87. The second kappa shape index (κ2) is 6.19. The molecule has 25 heavy (non-hydrogen) atoms. The molecule has 3 amide bonds. The van der Waals surface area contributed by atoms with Gasteiger partial charge < -0.3 is 15.3 Å². The second-order valence-corrected chi connectivity index (χ2v) is 6.39. The monoisotopic (exact) mass is 341 g/mol. The number of urea groups is 1. The molecule has 2 N–H and O–H groups in total. The highest BCUT2D eigenvalue weighted by molar-refractivity contribution is 5.96. The summed E-state index contributed by atoms with van der Waals surface area (Å²) in [4.78, 5) is 34.9. The molecule has 0 radical (unpaired) electrons. The first-order valence-corrected chi connectivity index (χ1v) is 8.41. The van der Waals surface area contributed by atoms with E-state index in [0.29, 0.717) is 26.2 Å². The van der Waals surface area contributed by atoms with E-state index in [4.69, 9.17) is 5.11 Å². The lowest BCUT2D eigenvalue weighted by Crippen LogP contribution is -2.37. The number of likely N-dealkylation sites (tertiary alicyclic amines) is 1. The zero-order valence-electron chi connectivity index (χ0n) is 13.7. The molecule has 4 rings (SSSR count). The van der Waals surface area contributed by atoms with Crippen LogP contribution in [-0.4, -0.2) is 58.3 Å². The van der Waals surface area contributed by atoms with E-state index in [1.54, 1.807) is 11.2 Å². The molecule has 2 saturated heterocycles. The lowest BCUT2D eigenvalue weighted by atomic mass is 9.91. The van der Waals surface area contributed by atoms with Gasteiger partial charge in [-0.15, -0.1) is 0 Å². The lowest BCUT2D eigenvalue weighted by Gasteiger charge is -2.30.